The minimum atomic E-state index is -2.78. The van der Waals surface area contributed by atoms with Crippen molar-refractivity contribution in [2.24, 2.45) is 0 Å². The maximum Gasteiger partial charge on any atom is 0.387 e. The zero-order chi connectivity index (χ0) is 14.6. The van der Waals surface area contributed by atoms with Gasteiger partial charge in [0, 0.05) is 19.2 Å². The van der Waals surface area contributed by atoms with E-state index in [-0.39, 0.29) is 17.4 Å². The van der Waals surface area contributed by atoms with Crippen molar-refractivity contribution < 1.29 is 18.3 Å². The Labute approximate surface area is 118 Å². The van der Waals surface area contributed by atoms with Gasteiger partial charge in [0.25, 0.3) is 0 Å². The topological polar surface area (TPSA) is 30.5 Å². The van der Waals surface area contributed by atoms with E-state index >= 15 is 0 Å². The van der Waals surface area contributed by atoms with Gasteiger partial charge in [-0.2, -0.15) is 8.78 Å². The van der Waals surface area contributed by atoms with Crippen LogP contribution in [-0.4, -0.2) is 25.4 Å². The molecule has 5 heteroatoms. The maximum atomic E-state index is 12.1. The lowest BCUT2D eigenvalue weighted by Gasteiger charge is -2.26. The van der Waals surface area contributed by atoms with Gasteiger partial charge in [0.1, 0.15) is 5.75 Å². The number of ether oxygens (including phenoxy) is 2. The molecular formula is C15H21F2NO2. The van der Waals surface area contributed by atoms with Gasteiger partial charge in [-0.15, -0.1) is 0 Å². The normalized spacial score (nSPS) is 24.1. The molecule has 2 atom stereocenters. The monoisotopic (exact) mass is 285 g/mol. The van der Waals surface area contributed by atoms with E-state index in [2.05, 4.69) is 17.0 Å². The Kier molecular flexibility index (Phi) is 4.94. The molecule has 1 aromatic rings. The van der Waals surface area contributed by atoms with Crippen LogP contribution in [0.1, 0.15) is 38.3 Å². The predicted molar refractivity (Wildman–Crippen MR) is 73.1 cm³/mol. The van der Waals surface area contributed by atoms with Gasteiger partial charge in [-0.3, -0.25) is 0 Å². The first-order valence-electron chi connectivity index (χ1n) is 6.91. The molecule has 0 amide bonds. The van der Waals surface area contributed by atoms with Crippen molar-refractivity contribution >= 4 is 0 Å². The lowest BCUT2D eigenvalue weighted by Crippen LogP contribution is -2.38. The van der Waals surface area contributed by atoms with Crippen molar-refractivity contribution in [1.29, 1.82) is 0 Å². The van der Waals surface area contributed by atoms with E-state index < -0.39 is 6.61 Å². The molecule has 1 aliphatic heterocycles. The first-order chi connectivity index (χ1) is 9.48. The molecule has 0 aromatic heterocycles. The van der Waals surface area contributed by atoms with Crippen LogP contribution in [0.15, 0.2) is 24.3 Å². The summed E-state index contributed by atoms with van der Waals surface area (Å²) in [6, 6.07) is 6.86. The van der Waals surface area contributed by atoms with Crippen molar-refractivity contribution in [2.45, 2.75) is 44.9 Å². The smallest absolute Gasteiger partial charge is 0.387 e. The molecule has 1 N–H and O–H groups in total. The molecule has 2 unspecified atom stereocenters. The molecule has 0 radical (unpaired) electrons. The first kappa shape index (κ1) is 15.2. The number of alkyl halides is 2. The first-order valence-corrected chi connectivity index (χ1v) is 6.91. The molecule has 1 aliphatic rings. The SMILES string of the molecule is CC(NCC1(C)CCCO1)c1ccc(OC(F)F)cc1. The molecule has 3 nitrogen and oxygen atoms in total. The highest BCUT2D eigenvalue weighted by Crippen LogP contribution is 2.25. The van der Waals surface area contributed by atoms with E-state index in [1.807, 2.05) is 6.92 Å². The second-order valence-corrected chi connectivity index (χ2v) is 5.45. The summed E-state index contributed by atoms with van der Waals surface area (Å²) in [5.74, 6) is 0.182. The van der Waals surface area contributed by atoms with Crippen LogP contribution in [0.5, 0.6) is 5.75 Å². The molecule has 0 bridgehead atoms. The zero-order valence-corrected chi connectivity index (χ0v) is 11.9. The van der Waals surface area contributed by atoms with Crippen LogP contribution in [0.2, 0.25) is 0 Å². The molecule has 0 saturated carbocycles. The van der Waals surface area contributed by atoms with Gasteiger partial charge >= 0.3 is 6.61 Å². The summed E-state index contributed by atoms with van der Waals surface area (Å²) >= 11 is 0. The highest BCUT2D eigenvalue weighted by Gasteiger charge is 2.29. The number of nitrogens with one attached hydrogen (secondary N) is 1. The van der Waals surface area contributed by atoms with Gasteiger partial charge in [0.05, 0.1) is 5.60 Å². The van der Waals surface area contributed by atoms with Gasteiger partial charge in [-0.1, -0.05) is 12.1 Å². The molecule has 2 rings (SSSR count). The van der Waals surface area contributed by atoms with Crippen LogP contribution < -0.4 is 10.1 Å². The molecule has 112 valence electrons. The van der Waals surface area contributed by atoms with Crippen molar-refractivity contribution in [3.63, 3.8) is 0 Å². The Morgan fingerprint density at radius 3 is 2.60 bits per heavy atom. The van der Waals surface area contributed by atoms with Crippen LogP contribution in [-0.2, 0) is 4.74 Å². The Morgan fingerprint density at radius 2 is 2.05 bits per heavy atom. The zero-order valence-electron chi connectivity index (χ0n) is 11.9. The minimum absolute atomic E-state index is 0.0903. The number of rotatable bonds is 6. The predicted octanol–water partition coefficient (Wildman–Crippen LogP) is 3.51. The van der Waals surface area contributed by atoms with Gasteiger partial charge in [-0.05, 0) is 44.4 Å². The lowest BCUT2D eigenvalue weighted by molar-refractivity contribution is -0.0498. The summed E-state index contributed by atoms with van der Waals surface area (Å²) < 4.78 is 34.2. The number of halogens is 2. The molecule has 1 saturated heterocycles. The highest BCUT2D eigenvalue weighted by molar-refractivity contribution is 5.29. The Bertz CT molecular complexity index is 416. The third kappa shape index (κ3) is 4.15. The third-order valence-corrected chi connectivity index (χ3v) is 3.69. The van der Waals surface area contributed by atoms with E-state index in [1.165, 1.54) is 0 Å². The van der Waals surface area contributed by atoms with E-state index in [0.717, 1.165) is 31.6 Å². The summed E-state index contributed by atoms with van der Waals surface area (Å²) in [5, 5.41) is 3.43. The molecule has 1 fully saturated rings. The number of hydrogen-bond donors (Lipinski definition) is 1. The minimum Gasteiger partial charge on any atom is -0.435 e. The van der Waals surface area contributed by atoms with Crippen LogP contribution in [0, 0.1) is 0 Å². The van der Waals surface area contributed by atoms with Crippen LogP contribution in [0.3, 0.4) is 0 Å². The second kappa shape index (κ2) is 6.50. The Morgan fingerprint density at radius 1 is 1.35 bits per heavy atom. The molecule has 20 heavy (non-hydrogen) atoms. The van der Waals surface area contributed by atoms with Crippen molar-refractivity contribution in [2.75, 3.05) is 13.2 Å². The van der Waals surface area contributed by atoms with Crippen LogP contribution >= 0.6 is 0 Å². The fourth-order valence-electron chi connectivity index (χ4n) is 2.40. The maximum absolute atomic E-state index is 12.1. The van der Waals surface area contributed by atoms with Crippen LogP contribution in [0.4, 0.5) is 8.78 Å². The number of benzene rings is 1. The molecule has 0 aliphatic carbocycles. The average Bonchev–Trinajstić information content (AvgIpc) is 2.84. The summed E-state index contributed by atoms with van der Waals surface area (Å²) in [6.07, 6.45) is 2.17. The highest BCUT2D eigenvalue weighted by atomic mass is 19.3. The van der Waals surface area contributed by atoms with Gasteiger partial charge in [-0.25, -0.2) is 0 Å². The Hall–Kier alpha value is -1.20. The fourth-order valence-corrected chi connectivity index (χ4v) is 2.40. The summed E-state index contributed by atoms with van der Waals surface area (Å²) in [6.45, 7) is 2.98. The van der Waals surface area contributed by atoms with Gasteiger partial charge in [0.2, 0.25) is 0 Å². The van der Waals surface area contributed by atoms with Crippen molar-refractivity contribution in [3.8, 4) is 5.75 Å². The quantitative estimate of drug-likeness (QED) is 0.867. The van der Waals surface area contributed by atoms with Crippen molar-refractivity contribution in [3.05, 3.63) is 29.8 Å². The van der Waals surface area contributed by atoms with Crippen molar-refractivity contribution in [1.82, 2.24) is 5.32 Å². The van der Waals surface area contributed by atoms with E-state index in [1.54, 1.807) is 24.3 Å². The molecule has 1 heterocycles. The largest absolute Gasteiger partial charge is 0.435 e. The second-order valence-electron chi connectivity index (χ2n) is 5.45. The average molecular weight is 285 g/mol. The fraction of sp³-hybridized carbons (Fsp3) is 0.600. The van der Waals surface area contributed by atoms with Gasteiger partial charge in [0.15, 0.2) is 0 Å². The molecule has 0 spiro atoms. The van der Waals surface area contributed by atoms with E-state index in [9.17, 15) is 8.78 Å². The molecular weight excluding hydrogens is 264 g/mol. The summed E-state index contributed by atoms with van der Waals surface area (Å²) in [7, 11) is 0. The van der Waals surface area contributed by atoms with Crippen LogP contribution in [0.25, 0.3) is 0 Å². The summed E-state index contributed by atoms with van der Waals surface area (Å²) in [4.78, 5) is 0. The van der Waals surface area contributed by atoms with E-state index in [0.29, 0.717) is 0 Å². The lowest BCUT2D eigenvalue weighted by atomic mass is 10.0. The Balaban J connectivity index is 1.87. The standard InChI is InChI=1S/C15H21F2NO2/c1-11(18-10-15(2)8-3-9-19-15)12-4-6-13(7-5-12)20-14(16)17/h4-7,11,14,18H,3,8-10H2,1-2H3. The summed E-state index contributed by atoms with van der Waals surface area (Å²) in [5.41, 5.74) is 0.945. The molecule has 1 aromatic carbocycles. The van der Waals surface area contributed by atoms with Gasteiger partial charge < -0.3 is 14.8 Å². The third-order valence-electron chi connectivity index (χ3n) is 3.69. The number of hydrogen-bond acceptors (Lipinski definition) is 3. The van der Waals surface area contributed by atoms with E-state index in [4.69, 9.17) is 4.74 Å².